The van der Waals surface area contributed by atoms with E-state index >= 15 is 0 Å². The lowest BCUT2D eigenvalue weighted by Gasteiger charge is -2.28. The molecular formula is C17H20ClN3O4S. The van der Waals surface area contributed by atoms with Crippen molar-refractivity contribution in [3.63, 3.8) is 0 Å². The number of hydrogen-bond donors (Lipinski definition) is 0. The van der Waals surface area contributed by atoms with Crippen LogP contribution in [0.4, 0.5) is 0 Å². The van der Waals surface area contributed by atoms with Crippen LogP contribution in [0.3, 0.4) is 0 Å². The van der Waals surface area contributed by atoms with E-state index in [4.69, 9.17) is 11.6 Å². The first kappa shape index (κ1) is 18.8. The summed E-state index contributed by atoms with van der Waals surface area (Å²) in [6, 6.07) is 4.50. The van der Waals surface area contributed by atoms with Gasteiger partial charge in [-0.05, 0) is 31.0 Å². The third-order valence-electron chi connectivity index (χ3n) is 4.53. The molecule has 0 spiro atoms. The summed E-state index contributed by atoms with van der Waals surface area (Å²) in [6.45, 7) is 2.21. The van der Waals surface area contributed by atoms with Crippen molar-refractivity contribution in [1.82, 2.24) is 14.5 Å². The highest BCUT2D eigenvalue weighted by molar-refractivity contribution is 7.91. The minimum atomic E-state index is -3.10. The molecule has 0 saturated carbocycles. The molecular weight excluding hydrogens is 378 g/mol. The van der Waals surface area contributed by atoms with Crippen LogP contribution in [0, 0.1) is 0 Å². The molecule has 0 N–H and O–H groups in total. The van der Waals surface area contributed by atoms with Gasteiger partial charge in [0.2, 0.25) is 5.91 Å². The summed E-state index contributed by atoms with van der Waals surface area (Å²) in [5.74, 6) is -0.195. The Morgan fingerprint density at radius 1 is 1.42 bits per heavy atom. The van der Waals surface area contributed by atoms with Gasteiger partial charge < -0.3 is 4.90 Å². The molecule has 140 valence electrons. The number of nitrogens with zero attached hydrogens (tertiary/aromatic N) is 3. The molecule has 7 nitrogen and oxygen atoms in total. The predicted molar refractivity (Wildman–Crippen MR) is 100 cm³/mol. The van der Waals surface area contributed by atoms with E-state index in [1.807, 2.05) is 6.92 Å². The Hall–Kier alpha value is -1.93. The first-order valence-electron chi connectivity index (χ1n) is 8.45. The van der Waals surface area contributed by atoms with Gasteiger partial charge in [0.1, 0.15) is 6.54 Å². The first-order chi connectivity index (χ1) is 12.3. The van der Waals surface area contributed by atoms with Crippen molar-refractivity contribution in [3.05, 3.63) is 39.9 Å². The van der Waals surface area contributed by atoms with E-state index in [1.165, 1.54) is 17.0 Å². The van der Waals surface area contributed by atoms with Gasteiger partial charge in [0.15, 0.2) is 9.84 Å². The van der Waals surface area contributed by atoms with E-state index in [0.717, 1.165) is 0 Å². The molecule has 9 heteroatoms. The van der Waals surface area contributed by atoms with E-state index in [9.17, 15) is 18.0 Å². The van der Waals surface area contributed by atoms with Crippen molar-refractivity contribution < 1.29 is 13.2 Å². The summed E-state index contributed by atoms with van der Waals surface area (Å²) < 4.78 is 24.7. The lowest BCUT2D eigenvalue weighted by molar-refractivity contribution is -0.133. The molecule has 1 unspecified atom stereocenters. The van der Waals surface area contributed by atoms with Crippen molar-refractivity contribution >= 4 is 38.2 Å². The van der Waals surface area contributed by atoms with E-state index in [0.29, 0.717) is 35.3 Å². The molecule has 0 bridgehead atoms. The van der Waals surface area contributed by atoms with E-state index in [-0.39, 0.29) is 35.6 Å². The molecule has 1 aromatic carbocycles. The second kappa shape index (κ2) is 7.36. The number of amides is 1. The van der Waals surface area contributed by atoms with Crippen LogP contribution in [-0.4, -0.2) is 52.9 Å². The van der Waals surface area contributed by atoms with Crippen LogP contribution in [0.2, 0.25) is 5.02 Å². The van der Waals surface area contributed by atoms with Crippen LogP contribution in [0.5, 0.6) is 0 Å². The standard InChI is InChI=1S/C17H20ClN3O4S/c1-2-6-21(13-5-7-26(24,25)10-13)16(22)9-20-11-19-15-4-3-12(18)8-14(15)17(20)23/h3-4,8,11,13H,2,5-7,9-10H2,1H3. The first-order valence-corrected chi connectivity index (χ1v) is 10.7. The van der Waals surface area contributed by atoms with Crippen molar-refractivity contribution in [2.45, 2.75) is 32.4 Å². The summed E-state index contributed by atoms with van der Waals surface area (Å²) in [6.07, 6.45) is 2.49. The summed E-state index contributed by atoms with van der Waals surface area (Å²) in [5.41, 5.74) is 0.164. The Morgan fingerprint density at radius 2 is 2.19 bits per heavy atom. The van der Waals surface area contributed by atoms with Crippen LogP contribution in [0.15, 0.2) is 29.3 Å². The zero-order valence-corrected chi connectivity index (χ0v) is 16.0. The molecule has 0 aliphatic carbocycles. The van der Waals surface area contributed by atoms with Gasteiger partial charge in [-0.15, -0.1) is 0 Å². The van der Waals surface area contributed by atoms with Gasteiger partial charge in [0.05, 0.1) is 28.7 Å². The fourth-order valence-electron chi connectivity index (χ4n) is 3.25. The SMILES string of the molecule is CCCN(C(=O)Cn1cnc2ccc(Cl)cc2c1=O)C1CCS(=O)(=O)C1. The second-order valence-electron chi connectivity index (χ2n) is 6.48. The number of rotatable bonds is 5. The maximum absolute atomic E-state index is 12.8. The molecule has 1 aliphatic rings. The minimum absolute atomic E-state index is 0.0147. The third kappa shape index (κ3) is 3.91. The van der Waals surface area contributed by atoms with Gasteiger partial charge >= 0.3 is 0 Å². The molecule has 1 aromatic heterocycles. The lowest BCUT2D eigenvalue weighted by atomic mass is 10.2. The number of fused-ring (bicyclic) bond motifs is 1. The molecule has 3 rings (SSSR count). The topological polar surface area (TPSA) is 89.3 Å². The smallest absolute Gasteiger partial charge is 0.261 e. The number of halogens is 1. The maximum Gasteiger partial charge on any atom is 0.261 e. The van der Waals surface area contributed by atoms with Gasteiger partial charge in [0.25, 0.3) is 5.56 Å². The number of sulfone groups is 1. The molecule has 2 aromatic rings. The molecule has 1 fully saturated rings. The van der Waals surface area contributed by atoms with Crippen LogP contribution in [0.1, 0.15) is 19.8 Å². The van der Waals surface area contributed by atoms with Gasteiger partial charge in [-0.3, -0.25) is 14.2 Å². The van der Waals surface area contributed by atoms with Gasteiger partial charge in [0, 0.05) is 17.6 Å². The predicted octanol–water partition coefficient (Wildman–Crippen LogP) is 1.48. The molecule has 1 atom stereocenters. The lowest BCUT2D eigenvalue weighted by Crippen LogP contribution is -2.44. The average molecular weight is 398 g/mol. The highest BCUT2D eigenvalue weighted by Crippen LogP contribution is 2.19. The summed E-state index contributed by atoms with van der Waals surface area (Å²) in [4.78, 5) is 31.2. The van der Waals surface area contributed by atoms with E-state index in [1.54, 1.807) is 17.0 Å². The number of carbonyl (C=O) groups is 1. The quantitative estimate of drug-likeness (QED) is 0.762. The molecule has 0 radical (unpaired) electrons. The average Bonchev–Trinajstić information content (AvgIpc) is 2.95. The zero-order valence-electron chi connectivity index (χ0n) is 14.4. The van der Waals surface area contributed by atoms with Gasteiger partial charge in [-0.1, -0.05) is 18.5 Å². The van der Waals surface area contributed by atoms with Crippen LogP contribution in [0.25, 0.3) is 10.9 Å². The Balaban J connectivity index is 1.87. The fraction of sp³-hybridized carbons (Fsp3) is 0.471. The monoisotopic (exact) mass is 397 g/mol. The van der Waals surface area contributed by atoms with Crippen molar-refractivity contribution in [1.29, 1.82) is 0 Å². The Labute approximate surface area is 156 Å². The molecule has 1 aliphatic heterocycles. The normalized spacial score (nSPS) is 18.9. The number of carbonyl (C=O) groups excluding carboxylic acids is 1. The number of hydrogen-bond acceptors (Lipinski definition) is 5. The highest BCUT2D eigenvalue weighted by Gasteiger charge is 2.34. The third-order valence-corrected chi connectivity index (χ3v) is 6.51. The number of benzene rings is 1. The largest absolute Gasteiger partial charge is 0.337 e. The summed E-state index contributed by atoms with van der Waals surface area (Å²) in [5, 5.41) is 0.766. The van der Waals surface area contributed by atoms with E-state index in [2.05, 4.69) is 4.98 Å². The van der Waals surface area contributed by atoms with Crippen LogP contribution >= 0.6 is 11.6 Å². The molecule has 2 heterocycles. The van der Waals surface area contributed by atoms with Crippen molar-refractivity contribution in [2.24, 2.45) is 0 Å². The van der Waals surface area contributed by atoms with Crippen molar-refractivity contribution in [2.75, 3.05) is 18.1 Å². The molecule has 1 saturated heterocycles. The number of aromatic nitrogens is 2. The van der Waals surface area contributed by atoms with Crippen LogP contribution in [-0.2, 0) is 21.2 Å². The fourth-order valence-corrected chi connectivity index (χ4v) is 5.16. The van der Waals surface area contributed by atoms with Gasteiger partial charge in [-0.25, -0.2) is 13.4 Å². The Bertz CT molecular complexity index is 1000. The molecule has 1 amide bonds. The highest BCUT2D eigenvalue weighted by atomic mass is 35.5. The maximum atomic E-state index is 12.8. The summed E-state index contributed by atoms with van der Waals surface area (Å²) in [7, 11) is -3.10. The van der Waals surface area contributed by atoms with Crippen LogP contribution < -0.4 is 5.56 Å². The second-order valence-corrected chi connectivity index (χ2v) is 9.15. The Kier molecular flexibility index (Phi) is 5.34. The molecule has 26 heavy (non-hydrogen) atoms. The van der Waals surface area contributed by atoms with E-state index < -0.39 is 9.84 Å². The minimum Gasteiger partial charge on any atom is -0.337 e. The zero-order chi connectivity index (χ0) is 18.9. The Morgan fingerprint density at radius 3 is 2.85 bits per heavy atom. The van der Waals surface area contributed by atoms with Gasteiger partial charge in [-0.2, -0.15) is 0 Å². The van der Waals surface area contributed by atoms with Crippen molar-refractivity contribution in [3.8, 4) is 0 Å². The summed E-state index contributed by atoms with van der Waals surface area (Å²) >= 11 is 5.95.